The molecule has 0 radical (unpaired) electrons. The zero-order valence-electron chi connectivity index (χ0n) is 42.4. The van der Waals surface area contributed by atoms with Gasteiger partial charge in [0.2, 0.25) is 0 Å². The number of para-hydroxylation sites is 1. The van der Waals surface area contributed by atoms with Crippen molar-refractivity contribution >= 4 is 33.0 Å². The first kappa shape index (κ1) is 47.8. The van der Waals surface area contributed by atoms with E-state index in [1.54, 1.807) is 0 Å². The van der Waals surface area contributed by atoms with E-state index in [1.807, 2.05) is 24.4 Å². The van der Waals surface area contributed by atoms with Crippen LogP contribution in [0.3, 0.4) is 0 Å². The maximum atomic E-state index is 12.7. The molecule has 1 N–H and O–H groups in total. The van der Waals surface area contributed by atoms with Crippen molar-refractivity contribution < 1.29 is 30.6 Å². The minimum atomic E-state index is -0.413. The first-order chi connectivity index (χ1) is 31.9. The molecule has 69 heavy (non-hydrogen) atoms. The van der Waals surface area contributed by atoms with Crippen molar-refractivity contribution in [3.05, 3.63) is 154 Å². The molecular weight excluding hydrogens is 1030 g/mol. The number of imidazole rings is 1. The van der Waals surface area contributed by atoms with E-state index in [0.717, 1.165) is 77.7 Å². The quantitative estimate of drug-likeness (QED) is 0.177. The molecule has 0 bridgehead atoms. The van der Waals surface area contributed by atoms with Crippen molar-refractivity contribution in [3.63, 3.8) is 0 Å². The minimum Gasteiger partial charge on any atom is -0.507 e. The summed E-state index contributed by atoms with van der Waals surface area (Å²) in [5.41, 5.74) is 15.9. The topological polar surface area (TPSA) is 87.9 Å². The number of aryl methyl sites for hydroxylation is 1. The number of phenols is 1. The second-order valence-electron chi connectivity index (χ2n) is 23.2. The number of fused-ring (bicyclic) bond motifs is 8. The van der Waals surface area contributed by atoms with Gasteiger partial charge in [-0.25, -0.2) is 4.98 Å². The Balaban J connectivity index is 0.00000593. The van der Waals surface area contributed by atoms with Crippen molar-refractivity contribution in [1.29, 1.82) is 5.26 Å². The number of furan rings is 1. The smallest absolute Gasteiger partial charge is 0.148 e. The number of hydrogen-bond donors (Lipinski definition) is 1. The van der Waals surface area contributed by atoms with Crippen LogP contribution in [0.25, 0.3) is 83.6 Å². The summed E-state index contributed by atoms with van der Waals surface area (Å²) in [6.45, 7) is 31.3. The molecule has 352 valence electrons. The molecule has 0 saturated carbocycles. The van der Waals surface area contributed by atoms with Crippen molar-refractivity contribution in [3.8, 4) is 62.4 Å². The Labute approximate surface area is 421 Å². The second-order valence-corrected chi connectivity index (χ2v) is 23.2. The average Bonchev–Trinajstić information content (AvgIpc) is 3.86. The van der Waals surface area contributed by atoms with Crippen LogP contribution in [-0.4, -0.2) is 19.6 Å². The molecule has 7 heteroatoms. The molecule has 3 aromatic heterocycles. The molecule has 0 aliphatic heterocycles. The number of hydrogen-bond acceptors (Lipinski definition) is 5. The van der Waals surface area contributed by atoms with Gasteiger partial charge < -0.3 is 9.52 Å². The first-order valence-corrected chi connectivity index (χ1v) is 23.9. The molecule has 0 saturated heterocycles. The van der Waals surface area contributed by atoms with E-state index >= 15 is 0 Å². The number of pyridine rings is 1. The van der Waals surface area contributed by atoms with Gasteiger partial charge in [-0.1, -0.05) is 172 Å². The third kappa shape index (κ3) is 7.38. The molecule has 1 aliphatic carbocycles. The normalized spacial score (nSPS) is 14.4. The summed E-state index contributed by atoms with van der Waals surface area (Å²) in [5.74, 6) is 0.845. The fourth-order valence-electron chi connectivity index (χ4n) is 10.7. The Bertz CT molecular complexity index is 3600. The molecule has 0 amide bonds. The fourth-order valence-corrected chi connectivity index (χ4v) is 10.7. The van der Waals surface area contributed by atoms with Crippen LogP contribution in [0.1, 0.15) is 129 Å². The standard InChI is InChI=1S/C62H61N4O2.Pt/c1-35-27-28-64-54-44-33-42(56-50(43-29-36(34-63)23-26-49(43)68-56)52(44)62(13,14)61(11,12)51(35)54)40-21-18-22-48-53(40)65-57(45-31-39(59(5,6)7)32-46(55(45)67)60(8,9)10)66(48)47-25-24-38(58(2,3)4)30-41(47)37-19-16-15-17-20-37;/h15-32,67H,1-14H3;/q-1;. The van der Waals surface area contributed by atoms with E-state index in [1.165, 1.54) is 16.7 Å². The molecule has 9 aromatic rings. The van der Waals surface area contributed by atoms with Crippen molar-refractivity contribution in [2.75, 3.05) is 0 Å². The largest absolute Gasteiger partial charge is 0.507 e. The van der Waals surface area contributed by atoms with Gasteiger partial charge in [-0.2, -0.15) is 5.26 Å². The van der Waals surface area contributed by atoms with Gasteiger partial charge in [0, 0.05) is 49.5 Å². The summed E-state index contributed by atoms with van der Waals surface area (Å²) in [4.78, 5) is 10.9. The van der Waals surface area contributed by atoms with E-state index in [2.05, 4.69) is 199 Å². The Kier molecular flexibility index (Phi) is 11.2. The molecule has 0 unspecified atom stereocenters. The third-order valence-corrected chi connectivity index (χ3v) is 15.2. The van der Waals surface area contributed by atoms with Gasteiger partial charge >= 0.3 is 0 Å². The number of aromatic nitrogens is 3. The van der Waals surface area contributed by atoms with E-state index in [9.17, 15) is 10.4 Å². The summed E-state index contributed by atoms with van der Waals surface area (Å²) in [5, 5.41) is 24.8. The van der Waals surface area contributed by atoms with Crippen LogP contribution in [-0.2, 0) is 48.1 Å². The molecule has 6 nitrogen and oxygen atoms in total. The molecule has 1 aliphatic rings. The predicted molar refractivity (Wildman–Crippen MR) is 280 cm³/mol. The predicted octanol–water partition coefficient (Wildman–Crippen LogP) is 16.1. The van der Waals surface area contributed by atoms with Gasteiger partial charge in [-0.15, -0.1) is 6.07 Å². The number of nitriles is 1. The fraction of sp³-hybridized carbons (Fsp3) is 0.306. The average molecular weight is 1090 g/mol. The van der Waals surface area contributed by atoms with Gasteiger partial charge in [0.15, 0.2) is 0 Å². The maximum absolute atomic E-state index is 12.7. The summed E-state index contributed by atoms with van der Waals surface area (Å²) in [7, 11) is 0. The molecule has 6 aromatic carbocycles. The Morgan fingerprint density at radius 3 is 2.04 bits per heavy atom. The SMILES string of the molecule is Cc1ccnc2c1C(C)(C)C(C)(C)c1c-2[c-]c(-c2cccc3c2nc(-c2cc(C(C)(C)C)cc(C(C)(C)C)c2O)n3-c2ccc(C(C)(C)C)cc2-c2ccccc2)c2oc3ccc(C#N)cc3c12.[Pt]. The number of rotatable bonds is 4. The van der Waals surface area contributed by atoms with Crippen LogP contribution in [0.5, 0.6) is 5.75 Å². The van der Waals surface area contributed by atoms with Crippen LogP contribution in [0, 0.1) is 24.3 Å². The van der Waals surface area contributed by atoms with Crippen LogP contribution in [0.2, 0.25) is 0 Å². The summed E-state index contributed by atoms with van der Waals surface area (Å²) in [6.07, 6.45) is 1.90. The Morgan fingerprint density at radius 1 is 0.696 bits per heavy atom. The van der Waals surface area contributed by atoms with Gasteiger partial charge in [0.1, 0.15) is 17.2 Å². The summed E-state index contributed by atoms with van der Waals surface area (Å²) < 4.78 is 9.29. The van der Waals surface area contributed by atoms with Gasteiger partial charge in [0.25, 0.3) is 0 Å². The number of nitrogens with zero attached hydrogens (tertiary/aromatic N) is 4. The van der Waals surface area contributed by atoms with E-state index in [-0.39, 0.29) is 48.5 Å². The van der Waals surface area contributed by atoms with Crippen molar-refractivity contribution in [2.45, 2.75) is 124 Å². The second kappa shape index (κ2) is 16.1. The molecule has 0 fully saturated rings. The molecule has 0 spiro atoms. The number of phenolic OH excluding ortho intramolecular Hbond substituents is 1. The van der Waals surface area contributed by atoms with Crippen LogP contribution < -0.4 is 0 Å². The zero-order chi connectivity index (χ0) is 48.6. The van der Waals surface area contributed by atoms with Crippen molar-refractivity contribution in [1.82, 2.24) is 14.5 Å². The van der Waals surface area contributed by atoms with E-state index in [4.69, 9.17) is 14.4 Å². The maximum Gasteiger partial charge on any atom is 0.148 e. The summed E-state index contributed by atoms with van der Waals surface area (Å²) >= 11 is 0. The Morgan fingerprint density at radius 2 is 1.38 bits per heavy atom. The molecule has 3 heterocycles. The van der Waals surface area contributed by atoms with Crippen LogP contribution in [0.15, 0.2) is 114 Å². The minimum absolute atomic E-state index is 0. The van der Waals surface area contributed by atoms with Crippen molar-refractivity contribution in [2.24, 2.45) is 0 Å². The monoisotopic (exact) mass is 1090 g/mol. The molecular formula is C62H61N4O2Pt-. The zero-order valence-corrected chi connectivity index (χ0v) is 44.6. The first-order valence-electron chi connectivity index (χ1n) is 23.9. The van der Waals surface area contributed by atoms with Crippen LogP contribution >= 0.6 is 0 Å². The van der Waals surface area contributed by atoms with Gasteiger partial charge in [-0.05, 0) is 110 Å². The molecule has 0 atom stereocenters. The Hall–Kier alpha value is -6.28. The van der Waals surface area contributed by atoms with Crippen LogP contribution in [0.4, 0.5) is 0 Å². The third-order valence-electron chi connectivity index (χ3n) is 15.2. The number of benzene rings is 6. The summed E-state index contributed by atoms with van der Waals surface area (Å²) in [6, 6.07) is 42.2. The van der Waals surface area contributed by atoms with E-state index in [0.29, 0.717) is 28.1 Å². The molecule has 10 rings (SSSR count). The van der Waals surface area contributed by atoms with Gasteiger partial charge in [0.05, 0.1) is 39.5 Å². The van der Waals surface area contributed by atoms with Gasteiger partial charge in [-0.3, -0.25) is 9.55 Å². The van der Waals surface area contributed by atoms with E-state index < -0.39 is 5.41 Å². The number of aromatic hydroxyl groups is 1.